The highest BCUT2D eigenvalue weighted by molar-refractivity contribution is 9.10. The van der Waals surface area contributed by atoms with E-state index in [-0.39, 0.29) is 36.1 Å². The molecule has 2 fully saturated rings. The first-order valence-corrected chi connectivity index (χ1v) is 7.36. The highest BCUT2D eigenvalue weighted by atomic mass is 79.9. The van der Waals surface area contributed by atoms with Crippen LogP contribution in [-0.2, 0) is 16.1 Å². The number of carbonyl (C=O) groups excluding carboxylic acids is 2. The minimum Gasteiger partial charge on any atom is -0.345 e. The summed E-state index contributed by atoms with van der Waals surface area (Å²) in [6.07, 6.45) is 1.96. The standard InChI is InChI=1S/C14H14BrFN2O2/c15-10-5-8(1-4-11(10)16)7-18-12(19)6-17-14(20)13(18)9-2-3-9/h1,4-5,9,13H,2-3,6-7H2,(H,17,20). The first kappa shape index (κ1) is 13.5. The lowest BCUT2D eigenvalue weighted by atomic mass is 10.1. The van der Waals surface area contributed by atoms with Crippen molar-refractivity contribution in [3.63, 3.8) is 0 Å². The predicted octanol–water partition coefficient (Wildman–Crippen LogP) is 1.83. The maximum Gasteiger partial charge on any atom is 0.243 e. The second-order valence-electron chi connectivity index (χ2n) is 5.27. The third-order valence-corrected chi connectivity index (χ3v) is 4.35. The molecule has 0 bridgehead atoms. The van der Waals surface area contributed by atoms with E-state index in [2.05, 4.69) is 21.2 Å². The number of hydrogen-bond donors (Lipinski definition) is 1. The fourth-order valence-electron chi connectivity index (χ4n) is 2.57. The van der Waals surface area contributed by atoms with Crippen LogP contribution in [0.4, 0.5) is 4.39 Å². The molecule has 1 aliphatic heterocycles. The lowest BCUT2D eigenvalue weighted by Crippen LogP contribution is -2.58. The van der Waals surface area contributed by atoms with Crippen LogP contribution in [0.3, 0.4) is 0 Å². The Labute approximate surface area is 124 Å². The fraction of sp³-hybridized carbons (Fsp3) is 0.429. The van der Waals surface area contributed by atoms with Crippen molar-refractivity contribution in [3.05, 3.63) is 34.1 Å². The molecule has 1 atom stereocenters. The van der Waals surface area contributed by atoms with Crippen molar-refractivity contribution in [2.75, 3.05) is 6.54 Å². The zero-order chi connectivity index (χ0) is 14.3. The van der Waals surface area contributed by atoms with Crippen LogP contribution in [0.2, 0.25) is 0 Å². The number of benzene rings is 1. The van der Waals surface area contributed by atoms with Gasteiger partial charge in [-0.05, 0) is 52.4 Å². The number of rotatable bonds is 3. The Hall–Kier alpha value is -1.43. The van der Waals surface area contributed by atoms with Crippen LogP contribution in [0, 0.1) is 11.7 Å². The van der Waals surface area contributed by atoms with E-state index in [1.807, 2.05) is 0 Å². The van der Waals surface area contributed by atoms with Crippen LogP contribution in [0.15, 0.2) is 22.7 Å². The van der Waals surface area contributed by atoms with E-state index in [1.165, 1.54) is 6.07 Å². The summed E-state index contributed by atoms with van der Waals surface area (Å²) in [7, 11) is 0. The Balaban J connectivity index is 1.83. The largest absolute Gasteiger partial charge is 0.345 e. The molecule has 1 aliphatic carbocycles. The van der Waals surface area contributed by atoms with Crippen LogP contribution < -0.4 is 5.32 Å². The molecular formula is C14H14BrFN2O2. The van der Waals surface area contributed by atoms with Gasteiger partial charge in [0.1, 0.15) is 11.9 Å². The zero-order valence-electron chi connectivity index (χ0n) is 10.7. The summed E-state index contributed by atoms with van der Waals surface area (Å²) in [6.45, 7) is 0.386. The summed E-state index contributed by atoms with van der Waals surface area (Å²) >= 11 is 3.14. The molecule has 1 aromatic carbocycles. The molecule has 0 spiro atoms. The number of piperazine rings is 1. The third kappa shape index (κ3) is 2.57. The van der Waals surface area contributed by atoms with E-state index in [1.54, 1.807) is 17.0 Å². The van der Waals surface area contributed by atoms with Crippen LogP contribution in [-0.4, -0.2) is 29.3 Å². The molecule has 1 unspecified atom stereocenters. The molecule has 1 N–H and O–H groups in total. The molecule has 2 amide bonds. The lowest BCUT2D eigenvalue weighted by Gasteiger charge is -2.35. The smallest absolute Gasteiger partial charge is 0.243 e. The summed E-state index contributed by atoms with van der Waals surface area (Å²) in [5.41, 5.74) is 0.812. The van der Waals surface area contributed by atoms with Gasteiger partial charge in [-0.3, -0.25) is 9.59 Å². The summed E-state index contributed by atoms with van der Waals surface area (Å²) in [5, 5.41) is 2.64. The van der Waals surface area contributed by atoms with E-state index in [4.69, 9.17) is 0 Å². The maximum atomic E-state index is 13.2. The summed E-state index contributed by atoms with van der Waals surface area (Å²) < 4.78 is 13.6. The molecule has 1 saturated carbocycles. The Bertz CT molecular complexity index is 574. The molecule has 0 aromatic heterocycles. The average molecular weight is 341 g/mol. The minimum atomic E-state index is -0.375. The van der Waals surface area contributed by atoms with Crippen molar-refractivity contribution in [2.24, 2.45) is 5.92 Å². The first-order chi connectivity index (χ1) is 9.56. The van der Waals surface area contributed by atoms with Gasteiger partial charge in [0.15, 0.2) is 0 Å². The number of halogens is 2. The number of nitrogens with one attached hydrogen (secondary N) is 1. The quantitative estimate of drug-likeness (QED) is 0.912. The van der Waals surface area contributed by atoms with E-state index in [9.17, 15) is 14.0 Å². The van der Waals surface area contributed by atoms with Gasteiger partial charge in [-0.25, -0.2) is 4.39 Å². The van der Waals surface area contributed by atoms with Crippen LogP contribution in [0.5, 0.6) is 0 Å². The first-order valence-electron chi connectivity index (χ1n) is 6.57. The normalized spacial score (nSPS) is 22.9. The van der Waals surface area contributed by atoms with Crippen molar-refractivity contribution >= 4 is 27.7 Å². The molecule has 2 aliphatic rings. The number of amides is 2. The van der Waals surface area contributed by atoms with Crippen molar-refractivity contribution in [2.45, 2.75) is 25.4 Å². The van der Waals surface area contributed by atoms with Crippen molar-refractivity contribution in [1.29, 1.82) is 0 Å². The highest BCUT2D eigenvalue weighted by Crippen LogP contribution is 2.37. The van der Waals surface area contributed by atoms with E-state index >= 15 is 0 Å². The van der Waals surface area contributed by atoms with Gasteiger partial charge in [0, 0.05) is 6.54 Å². The van der Waals surface area contributed by atoms with Crippen LogP contribution in [0.1, 0.15) is 18.4 Å². The molecule has 0 radical (unpaired) electrons. The topological polar surface area (TPSA) is 49.4 Å². The van der Waals surface area contributed by atoms with E-state index in [0.29, 0.717) is 11.0 Å². The molecule has 1 saturated heterocycles. The molecule has 20 heavy (non-hydrogen) atoms. The van der Waals surface area contributed by atoms with Crippen LogP contribution in [0.25, 0.3) is 0 Å². The Kier molecular flexibility index (Phi) is 3.50. The van der Waals surface area contributed by atoms with Crippen molar-refractivity contribution in [1.82, 2.24) is 10.2 Å². The Morgan fingerprint density at radius 3 is 2.75 bits per heavy atom. The van der Waals surface area contributed by atoms with Gasteiger partial charge in [0.2, 0.25) is 11.8 Å². The maximum absolute atomic E-state index is 13.2. The Morgan fingerprint density at radius 1 is 1.35 bits per heavy atom. The van der Waals surface area contributed by atoms with Gasteiger partial charge in [-0.15, -0.1) is 0 Å². The second kappa shape index (κ2) is 5.16. The Morgan fingerprint density at radius 2 is 2.10 bits per heavy atom. The van der Waals surface area contributed by atoms with Crippen molar-refractivity contribution < 1.29 is 14.0 Å². The molecule has 1 aromatic rings. The van der Waals surface area contributed by atoms with Crippen molar-refractivity contribution in [3.8, 4) is 0 Å². The molecule has 4 nitrogen and oxygen atoms in total. The second-order valence-corrected chi connectivity index (χ2v) is 6.12. The fourth-order valence-corrected chi connectivity index (χ4v) is 2.99. The minimum absolute atomic E-state index is 0.0460. The molecule has 6 heteroatoms. The third-order valence-electron chi connectivity index (χ3n) is 3.74. The number of carbonyl (C=O) groups is 2. The summed E-state index contributed by atoms with van der Waals surface area (Å²) in [4.78, 5) is 25.7. The zero-order valence-corrected chi connectivity index (χ0v) is 12.3. The highest BCUT2D eigenvalue weighted by Gasteiger charge is 2.44. The van der Waals surface area contributed by atoms with E-state index in [0.717, 1.165) is 18.4 Å². The number of nitrogens with zero attached hydrogens (tertiary/aromatic N) is 1. The van der Waals surface area contributed by atoms with Gasteiger partial charge in [-0.1, -0.05) is 6.07 Å². The van der Waals surface area contributed by atoms with Gasteiger partial charge < -0.3 is 10.2 Å². The van der Waals surface area contributed by atoms with E-state index < -0.39 is 0 Å². The predicted molar refractivity (Wildman–Crippen MR) is 74.2 cm³/mol. The summed E-state index contributed by atoms with van der Waals surface area (Å²) in [5.74, 6) is -0.228. The summed E-state index contributed by atoms with van der Waals surface area (Å²) in [6, 6.07) is 4.28. The molecule has 1 heterocycles. The van der Waals surface area contributed by atoms with Gasteiger partial charge in [0.25, 0.3) is 0 Å². The van der Waals surface area contributed by atoms with Gasteiger partial charge >= 0.3 is 0 Å². The van der Waals surface area contributed by atoms with Gasteiger partial charge in [-0.2, -0.15) is 0 Å². The molecule has 3 rings (SSSR count). The number of hydrogen-bond acceptors (Lipinski definition) is 2. The van der Waals surface area contributed by atoms with Gasteiger partial charge in [0.05, 0.1) is 11.0 Å². The molecule has 106 valence electrons. The average Bonchev–Trinajstić information content (AvgIpc) is 3.23. The van der Waals surface area contributed by atoms with Crippen LogP contribution >= 0.6 is 15.9 Å². The lowest BCUT2D eigenvalue weighted by molar-refractivity contribution is -0.147. The SMILES string of the molecule is O=C1NCC(=O)N(Cc2ccc(F)c(Br)c2)C1C1CC1. The molecular weight excluding hydrogens is 327 g/mol. The monoisotopic (exact) mass is 340 g/mol.